The molecule has 1 heterocycles. The monoisotopic (exact) mass is 357 g/mol. The normalized spacial score (nSPS) is 10.8. The molecule has 1 aromatic heterocycles. The fourth-order valence-electron chi connectivity index (χ4n) is 2.68. The Morgan fingerprint density at radius 1 is 1.28 bits per heavy atom. The molecular formula is C19H20ClN3O2. The Labute approximate surface area is 151 Å². The smallest absolute Gasteiger partial charge is 0.217 e. The van der Waals surface area contributed by atoms with Gasteiger partial charge < -0.3 is 14.6 Å². The van der Waals surface area contributed by atoms with Gasteiger partial charge >= 0.3 is 0 Å². The summed E-state index contributed by atoms with van der Waals surface area (Å²) in [4.78, 5) is 15.8. The second-order valence-corrected chi connectivity index (χ2v) is 6.24. The van der Waals surface area contributed by atoms with Gasteiger partial charge in [-0.15, -0.1) is 0 Å². The third-order valence-electron chi connectivity index (χ3n) is 3.94. The Morgan fingerprint density at radius 2 is 2.08 bits per heavy atom. The number of imidazole rings is 1. The number of amides is 1. The number of carbonyl (C=O) groups is 1. The molecule has 0 aliphatic carbocycles. The van der Waals surface area contributed by atoms with Gasteiger partial charge in [-0.2, -0.15) is 0 Å². The Balaban J connectivity index is 1.75. The molecule has 0 spiro atoms. The number of nitrogens with one attached hydrogen (secondary N) is 1. The minimum absolute atomic E-state index is 0.0773. The molecule has 0 saturated carbocycles. The summed E-state index contributed by atoms with van der Waals surface area (Å²) >= 11 is 6.04. The van der Waals surface area contributed by atoms with Crippen molar-refractivity contribution < 1.29 is 9.53 Å². The molecule has 0 aliphatic rings. The van der Waals surface area contributed by atoms with Crippen LogP contribution in [0.2, 0.25) is 5.02 Å². The van der Waals surface area contributed by atoms with E-state index in [1.165, 1.54) is 6.92 Å². The van der Waals surface area contributed by atoms with E-state index in [-0.39, 0.29) is 5.91 Å². The molecule has 5 nitrogen and oxygen atoms in total. The third kappa shape index (κ3) is 4.12. The van der Waals surface area contributed by atoms with Crippen LogP contribution in [0.1, 0.15) is 18.3 Å². The minimum atomic E-state index is -0.0773. The average molecular weight is 358 g/mol. The van der Waals surface area contributed by atoms with Crippen LogP contribution in [-0.2, 0) is 17.9 Å². The molecule has 130 valence electrons. The van der Waals surface area contributed by atoms with Crippen LogP contribution in [0.4, 0.5) is 0 Å². The molecule has 3 aromatic rings. The summed E-state index contributed by atoms with van der Waals surface area (Å²) in [6, 6.07) is 13.5. The summed E-state index contributed by atoms with van der Waals surface area (Å²) in [6.45, 7) is 4.97. The van der Waals surface area contributed by atoms with Gasteiger partial charge in [-0.25, -0.2) is 4.98 Å². The van der Waals surface area contributed by atoms with Gasteiger partial charge in [0.15, 0.2) is 0 Å². The van der Waals surface area contributed by atoms with Crippen molar-refractivity contribution >= 4 is 28.5 Å². The molecule has 0 unspecified atom stereocenters. The lowest BCUT2D eigenvalue weighted by Crippen LogP contribution is -2.22. The van der Waals surface area contributed by atoms with Crippen molar-refractivity contribution in [1.82, 2.24) is 14.9 Å². The number of halogens is 1. The molecule has 1 N–H and O–H groups in total. The van der Waals surface area contributed by atoms with E-state index in [0.717, 1.165) is 33.2 Å². The number of nitrogens with zero attached hydrogens (tertiary/aromatic N) is 2. The number of hydrogen-bond donors (Lipinski definition) is 1. The number of rotatable bonds is 6. The Kier molecular flexibility index (Phi) is 5.24. The molecule has 0 fully saturated rings. The highest BCUT2D eigenvalue weighted by molar-refractivity contribution is 6.31. The molecule has 2 aromatic carbocycles. The predicted molar refractivity (Wildman–Crippen MR) is 98.9 cm³/mol. The maximum absolute atomic E-state index is 11.2. The zero-order valence-electron chi connectivity index (χ0n) is 14.3. The van der Waals surface area contributed by atoms with Gasteiger partial charge in [0.05, 0.1) is 24.1 Å². The van der Waals surface area contributed by atoms with Crippen LogP contribution in [0.5, 0.6) is 5.75 Å². The third-order valence-corrected chi connectivity index (χ3v) is 4.37. The van der Waals surface area contributed by atoms with E-state index in [1.54, 1.807) is 0 Å². The van der Waals surface area contributed by atoms with Gasteiger partial charge in [0, 0.05) is 11.9 Å². The molecular weight excluding hydrogens is 338 g/mol. The molecule has 6 heteroatoms. The first-order chi connectivity index (χ1) is 12.0. The van der Waals surface area contributed by atoms with Crippen molar-refractivity contribution in [2.45, 2.75) is 26.9 Å². The lowest BCUT2D eigenvalue weighted by atomic mass is 10.2. The number of aryl methyl sites for hydroxylation is 1. The summed E-state index contributed by atoms with van der Waals surface area (Å²) < 4.78 is 7.93. The van der Waals surface area contributed by atoms with Crippen LogP contribution in [0.15, 0.2) is 42.5 Å². The number of para-hydroxylation sites is 2. The standard InChI is InChI=1S/C19H20ClN3O2/c1-13-11-15(7-8-16(13)20)25-10-9-23-18-6-4-3-5-17(18)22-19(23)12-21-14(2)24/h3-8,11H,9-10,12H2,1-2H3,(H,21,24). The van der Waals surface area contributed by atoms with Crippen LogP contribution < -0.4 is 10.1 Å². The summed E-state index contributed by atoms with van der Waals surface area (Å²) in [5, 5.41) is 3.53. The topological polar surface area (TPSA) is 56.2 Å². The van der Waals surface area contributed by atoms with Crippen LogP contribution in [0.3, 0.4) is 0 Å². The van der Waals surface area contributed by atoms with E-state index in [1.807, 2.05) is 49.4 Å². The molecule has 1 amide bonds. The molecule has 0 aliphatic heterocycles. The van der Waals surface area contributed by atoms with Crippen LogP contribution >= 0.6 is 11.6 Å². The summed E-state index contributed by atoms with van der Waals surface area (Å²) in [5.74, 6) is 1.52. The van der Waals surface area contributed by atoms with Gasteiger partial charge in [0.2, 0.25) is 5.91 Å². The van der Waals surface area contributed by atoms with Gasteiger partial charge in [0.25, 0.3) is 0 Å². The molecule has 3 rings (SSSR count). The first-order valence-electron chi connectivity index (χ1n) is 8.12. The fourth-order valence-corrected chi connectivity index (χ4v) is 2.79. The lowest BCUT2D eigenvalue weighted by Gasteiger charge is -2.12. The Hall–Kier alpha value is -2.53. The van der Waals surface area contributed by atoms with E-state index in [9.17, 15) is 4.79 Å². The number of aromatic nitrogens is 2. The number of benzene rings is 2. The minimum Gasteiger partial charge on any atom is -0.492 e. The van der Waals surface area contributed by atoms with E-state index in [2.05, 4.69) is 14.9 Å². The van der Waals surface area contributed by atoms with Crippen molar-refractivity contribution in [3.8, 4) is 5.75 Å². The molecule has 0 radical (unpaired) electrons. The van der Waals surface area contributed by atoms with E-state index >= 15 is 0 Å². The first kappa shape index (κ1) is 17.3. The quantitative estimate of drug-likeness (QED) is 0.731. The highest BCUT2D eigenvalue weighted by Crippen LogP contribution is 2.21. The zero-order valence-corrected chi connectivity index (χ0v) is 15.0. The number of ether oxygens (including phenoxy) is 1. The van der Waals surface area contributed by atoms with Gasteiger partial charge in [-0.1, -0.05) is 23.7 Å². The Morgan fingerprint density at radius 3 is 2.84 bits per heavy atom. The van der Waals surface area contributed by atoms with Crippen molar-refractivity contribution in [2.75, 3.05) is 6.61 Å². The number of hydrogen-bond acceptors (Lipinski definition) is 3. The van der Waals surface area contributed by atoms with E-state index in [0.29, 0.717) is 19.7 Å². The van der Waals surface area contributed by atoms with Crippen molar-refractivity contribution in [1.29, 1.82) is 0 Å². The maximum atomic E-state index is 11.2. The molecule has 0 bridgehead atoms. The maximum Gasteiger partial charge on any atom is 0.217 e. The van der Waals surface area contributed by atoms with Crippen molar-refractivity contribution in [2.24, 2.45) is 0 Å². The van der Waals surface area contributed by atoms with Crippen molar-refractivity contribution in [3.05, 3.63) is 58.9 Å². The summed E-state index contributed by atoms with van der Waals surface area (Å²) in [5.41, 5.74) is 2.92. The van der Waals surface area contributed by atoms with Gasteiger partial charge in [-0.3, -0.25) is 4.79 Å². The number of fused-ring (bicyclic) bond motifs is 1. The summed E-state index contributed by atoms with van der Waals surface area (Å²) in [7, 11) is 0. The van der Waals surface area contributed by atoms with Crippen molar-refractivity contribution in [3.63, 3.8) is 0 Å². The van der Waals surface area contributed by atoms with E-state index < -0.39 is 0 Å². The largest absolute Gasteiger partial charge is 0.492 e. The van der Waals surface area contributed by atoms with Crippen LogP contribution in [0.25, 0.3) is 11.0 Å². The van der Waals surface area contributed by atoms with Crippen LogP contribution in [0, 0.1) is 6.92 Å². The van der Waals surface area contributed by atoms with Gasteiger partial charge in [0.1, 0.15) is 18.2 Å². The number of carbonyl (C=O) groups excluding carboxylic acids is 1. The fraction of sp³-hybridized carbons (Fsp3) is 0.263. The summed E-state index contributed by atoms with van der Waals surface area (Å²) in [6.07, 6.45) is 0. The SMILES string of the molecule is CC(=O)NCc1nc2ccccc2n1CCOc1ccc(Cl)c(C)c1. The second kappa shape index (κ2) is 7.57. The second-order valence-electron chi connectivity index (χ2n) is 5.84. The first-order valence-corrected chi connectivity index (χ1v) is 8.50. The average Bonchev–Trinajstić information content (AvgIpc) is 2.94. The highest BCUT2D eigenvalue weighted by atomic mass is 35.5. The lowest BCUT2D eigenvalue weighted by molar-refractivity contribution is -0.119. The van der Waals surface area contributed by atoms with E-state index in [4.69, 9.17) is 16.3 Å². The Bertz CT molecular complexity index is 905. The predicted octanol–water partition coefficient (Wildman–Crippen LogP) is 3.71. The van der Waals surface area contributed by atoms with Gasteiger partial charge in [-0.05, 0) is 42.8 Å². The molecule has 0 saturated heterocycles. The molecule has 25 heavy (non-hydrogen) atoms. The zero-order chi connectivity index (χ0) is 17.8. The van der Waals surface area contributed by atoms with Crippen LogP contribution in [-0.4, -0.2) is 22.1 Å². The highest BCUT2D eigenvalue weighted by Gasteiger charge is 2.11. The molecule has 0 atom stereocenters.